The molecule has 0 fully saturated rings. The Bertz CT molecular complexity index is 978. The maximum absolute atomic E-state index is 12.3. The lowest BCUT2D eigenvalue weighted by Gasteiger charge is -2.11. The van der Waals surface area contributed by atoms with Gasteiger partial charge in [-0.1, -0.05) is 19.1 Å². The first-order chi connectivity index (χ1) is 11.9. The summed E-state index contributed by atoms with van der Waals surface area (Å²) < 4.78 is 27.0. The third-order valence-corrected chi connectivity index (χ3v) is 5.56. The topological polar surface area (TPSA) is 95.1 Å². The summed E-state index contributed by atoms with van der Waals surface area (Å²) in [6.45, 7) is 3.78. The van der Waals surface area contributed by atoms with Crippen molar-refractivity contribution >= 4 is 21.1 Å². The minimum absolute atomic E-state index is 0.00812. The summed E-state index contributed by atoms with van der Waals surface area (Å²) in [4.78, 5) is 7.68. The molecule has 3 aromatic rings. The fraction of sp³-hybridized carbons (Fsp3) is 0.278. The molecule has 7 heteroatoms. The molecule has 0 saturated heterocycles. The minimum atomic E-state index is -3.63. The number of aromatic amines is 1. The number of sulfonamides is 1. The Morgan fingerprint density at radius 2 is 1.96 bits per heavy atom. The van der Waals surface area contributed by atoms with Crippen molar-refractivity contribution in [1.82, 2.24) is 14.7 Å². The highest BCUT2D eigenvalue weighted by molar-refractivity contribution is 7.89. The third-order valence-electron chi connectivity index (χ3n) is 4.12. The van der Waals surface area contributed by atoms with Crippen LogP contribution in [-0.2, 0) is 10.0 Å². The van der Waals surface area contributed by atoms with E-state index in [2.05, 4.69) is 14.7 Å². The lowest BCUT2D eigenvalue weighted by molar-refractivity contribution is 0.174. The van der Waals surface area contributed by atoms with Gasteiger partial charge in [-0.2, -0.15) is 0 Å². The predicted molar refractivity (Wildman–Crippen MR) is 97.8 cm³/mol. The Balaban J connectivity index is 1.89. The van der Waals surface area contributed by atoms with Crippen LogP contribution in [0, 0.1) is 6.92 Å². The van der Waals surface area contributed by atoms with Crippen molar-refractivity contribution in [3.63, 3.8) is 0 Å². The second kappa shape index (κ2) is 6.95. The SMILES string of the molecule is CCC(O)CNS(=O)(=O)c1ccc(-c2ccnc3[nH]c(C)cc23)cc1. The Morgan fingerprint density at radius 1 is 1.24 bits per heavy atom. The first kappa shape index (κ1) is 17.6. The molecular weight excluding hydrogens is 338 g/mol. The second-order valence-corrected chi connectivity index (χ2v) is 7.78. The Kier molecular flexibility index (Phi) is 4.89. The van der Waals surface area contributed by atoms with Crippen LogP contribution in [-0.4, -0.2) is 36.1 Å². The molecule has 3 N–H and O–H groups in total. The maximum Gasteiger partial charge on any atom is 0.240 e. The standard InChI is InChI=1S/C18H21N3O3S/c1-3-14(22)11-20-25(23,24)15-6-4-13(5-7-15)16-8-9-19-18-17(16)10-12(2)21-18/h4-10,14,20,22H,3,11H2,1-2H3,(H,19,21). The van der Waals surface area contributed by atoms with Crippen LogP contribution in [0.4, 0.5) is 0 Å². The average Bonchev–Trinajstić information content (AvgIpc) is 3.00. The molecule has 1 aromatic carbocycles. The summed E-state index contributed by atoms with van der Waals surface area (Å²) >= 11 is 0. The number of aryl methyl sites for hydroxylation is 1. The van der Waals surface area contributed by atoms with Crippen LogP contribution in [0.3, 0.4) is 0 Å². The van der Waals surface area contributed by atoms with Crippen molar-refractivity contribution in [1.29, 1.82) is 0 Å². The molecule has 2 aromatic heterocycles. The molecular formula is C18H21N3O3S. The van der Waals surface area contributed by atoms with E-state index in [4.69, 9.17) is 0 Å². The van der Waals surface area contributed by atoms with E-state index in [1.54, 1.807) is 37.4 Å². The van der Waals surface area contributed by atoms with E-state index in [-0.39, 0.29) is 11.4 Å². The fourth-order valence-electron chi connectivity index (χ4n) is 2.66. The molecule has 0 aliphatic carbocycles. The van der Waals surface area contributed by atoms with E-state index in [1.165, 1.54) is 0 Å². The number of hydrogen-bond donors (Lipinski definition) is 3. The summed E-state index contributed by atoms with van der Waals surface area (Å²) in [7, 11) is -3.63. The predicted octanol–water partition coefficient (Wildman–Crippen LogP) is 2.59. The van der Waals surface area contributed by atoms with E-state index in [0.29, 0.717) is 6.42 Å². The molecule has 0 radical (unpaired) electrons. The number of fused-ring (bicyclic) bond motifs is 1. The molecule has 1 unspecified atom stereocenters. The molecule has 132 valence electrons. The van der Waals surface area contributed by atoms with Gasteiger partial charge in [-0.3, -0.25) is 0 Å². The number of hydrogen-bond acceptors (Lipinski definition) is 4. The van der Waals surface area contributed by atoms with Crippen LogP contribution in [0.25, 0.3) is 22.2 Å². The van der Waals surface area contributed by atoms with Crippen LogP contribution in [0.2, 0.25) is 0 Å². The molecule has 0 saturated carbocycles. The highest BCUT2D eigenvalue weighted by atomic mass is 32.2. The van der Waals surface area contributed by atoms with Crippen LogP contribution in [0.15, 0.2) is 47.5 Å². The quantitative estimate of drug-likeness (QED) is 0.630. The number of aliphatic hydroxyl groups is 1. The van der Waals surface area contributed by atoms with Gasteiger partial charge in [-0.05, 0) is 48.7 Å². The zero-order valence-electron chi connectivity index (χ0n) is 14.2. The molecule has 3 rings (SSSR count). The molecule has 1 atom stereocenters. The van der Waals surface area contributed by atoms with E-state index in [1.807, 2.05) is 19.1 Å². The molecule has 0 bridgehead atoms. The highest BCUT2D eigenvalue weighted by Gasteiger charge is 2.16. The largest absolute Gasteiger partial charge is 0.392 e. The van der Waals surface area contributed by atoms with Crippen LogP contribution in [0.5, 0.6) is 0 Å². The summed E-state index contributed by atoms with van der Waals surface area (Å²) in [5, 5.41) is 10.5. The number of nitrogens with zero attached hydrogens (tertiary/aromatic N) is 1. The monoisotopic (exact) mass is 359 g/mol. The van der Waals surface area contributed by atoms with E-state index in [9.17, 15) is 13.5 Å². The van der Waals surface area contributed by atoms with E-state index >= 15 is 0 Å². The number of benzene rings is 1. The second-order valence-electron chi connectivity index (χ2n) is 6.01. The van der Waals surface area contributed by atoms with Gasteiger partial charge in [0.25, 0.3) is 0 Å². The fourth-order valence-corrected chi connectivity index (χ4v) is 3.73. The van der Waals surface area contributed by atoms with Crippen molar-refractivity contribution in [3.05, 3.63) is 48.3 Å². The molecule has 2 heterocycles. The Hall–Kier alpha value is -2.22. The van der Waals surface area contributed by atoms with Gasteiger partial charge >= 0.3 is 0 Å². The molecule has 0 aliphatic rings. The van der Waals surface area contributed by atoms with E-state index in [0.717, 1.165) is 27.9 Å². The van der Waals surface area contributed by atoms with Gasteiger partial charge in [-0.25, -0.2) is 18.1 Å². The molecule has 25 heavy (non-hydrogen) atoms. The number of nitrogens with one attached hydrogen (secondary N) is 2. The number of aromatic nitrogens is 2. The number of rotatable bonds is 6. The summed E-state index contributed by atoms with van der Waals surface area (Å²) in [5.41, 5.74) is 3.74. The van der Waals surface area contributed by atoms with Crippen LogP contribution >= 0.6 is 0 Å². The Labute approximate surface area is 147 Å². The molecule has 0 aliphatic heterocycles. The van der Waals surface area contributed by atoms with Gasteiger partial charge in [0, 0.05) is 23.8 Å². The Morgan fingerprint density at radius 3 is 2.64 bits per heavy atom. The van der Waals surface area contributed by atoms with Gasteiger partial charge < -0.3 is 10.1 Å². The summed E-state index contributed by atoms with van der Waals surface area (Å²) in [5.74, 6) is 0. The smallest absolute Gasteiger partial charge is 0.240 e. The summed E-state index contributed by atoms with van der Waals surface area (Å²) in [6, 6.07) is 10.6. The van der Waals surface area contributed by atoms with Gasteiger partial charge in [0.05, 0.1) is 11.0 Å². The zero-order valence-corrected chi connectivity index (χ0v) is 15.0. The average molecular weight is 359 g/mol. The maximum atomic E-state index is 12.3. The van der Waals surface area contributed by atoms with Crippen molar-refractivity contribution in [3.8, 4) is 11.1 Å². The van der Waals surface area contributed by atoms with Crippen molar-refractivity contribution < 1.29 is 13.5 Å². The van der Waals surface area contributed by atoms with Crippen molar-refractivity contribution in [2.75, 3.05) is 6.54 Å². The first-order valence-corrected chi connectivity index (χ1v) is 9.61. The minimum Gasteiger partial charge on any atom is -0.392 e. The number of aliphatic hydroxyl groups excluding tert-OH is 1. The lowest BCUT2D eigenvalue weighted by atomic mass is 10.0. The number of pyridine rings is 1. The highest BCUT2D eigenvalue weighted by Crippen LogP contribution is 2.28. The van der Waals surface area contributed by atoms with Gasteiger partial charge in [0.1, 0.15) is 5.65 Å². The normalized spacial score (nSPS) is 13.2. The van der Waals surface area contributed by atoms with E-state index < -0.39 is 16.1 Å². The van der Waals surface area contributed by atoms with Crippen molar-refractivity contribution in [2.24, 2.45) is 0 Å². The van der Waals surface area contributed by atoms with Gasteiger partial charge in [-0.15, -0.1) is 0 Å². The molecule has 0 amide bonds. The first-order valence-electron chi connectivity index (χ1n) is 8.13. The third kappa shape index (κ3) is 3.73. The molecule has 6 nitrogen and oxygen atoms in total. The zero-order chi connectivity index (χ0) is 18.0. The van der Waals surface area contributed by atoms with Crippen LogP contribution < -0.4 is 4.72 Å². The molecule has 0 spiro atoms. The number of H-pyrrole nitrogens is 1. The summed E-state index contributed by atoms with van der Waals surface area (Å²) in [6.07, 6.45) is 1.54. The lowest BCUT2D eigenvalue weighted by Crippen LogP contribution is -2.31. The van der Waals surface area contributed by atoms with Gasteiger partial charge in [0.2, 0.25) is 10.0 Å². The van der Waals surface area contributed by atoms with Crippen molar-refractivity contribution in [2.45, 2.75) is 31.3 Å². The van der Waals surface area contributed by atoms with Gasteiger partial charge in [0.15, 0.2) is 0 Å². The van der Waals surface area contributed by atoms with Crippen LogP contribution in [0.1, 0.15) is 19.0 Å².